The van der Waals surface area contributed by atoms with Crippen LogP contribution in [0.25, 0.3) is 0 Å². The van der Waals surface area contributed by atoms with Crippen molar-refractivity contribution in [1.29, 1.82) is 0 Å². The maximum Gasteiger partial charge on any atom is 0.237 e. The fourth-order valence-electron chi connectivity index (χ4n) is 4.04. The second-order valence-electron chi connectivity index (χ2n) is 8.27. The van der Waals surface area contributed by atoms with Gasteiger partial charge in [-0.3, -0.25) is 14.6 Å². The molecule has 2 fully saturated rings. The maximum atomic E-state index is 13.6. The van der Waals surface area contributed by atoms with Crippen LogP contribution >= 0.6 is 0 Å². The molecule has 2 aliphatic rings. The van der Waals surface area contributed by atoms with Crippen molar-refractivity contribution in [3.63, 3.8) is 0 Å². The van der Waals surface area contributed by atoms with Crippen LogP contribution in [0.3, 0.4) is 0 Å². The van der Waals surface area contributed by atoms with E-state index in [-0.39, 0.29) is 11.7 Å². The van der Waals surface area contributed by atoms with Crippen LogP contribution in [-0.2, 0) is 17.9 Å². The predicted molar refractivity (Wildman–Crippen MR) is 112 cm³/mol. The first-order chi connectivity index (χ1) is 14.5. The van der Waals surface area contributed by atoms with Gasteiger partial charge < -0.3 is 14.1 Å². The highest BCUT2D eigenvalue weighted by Gasteiger charge is 2.34. The third kappa shape index (κ3) is 5.21. The van der Waals surface area contributed by atoms with Crippen LogP contribution in [0.4, 0.5) is 4.39 Å². The minimum Gasteiger partial charge on any atom is -0.496 e. The van der Waals surface area contributed by atoms with E-state index in [2.05, 4.69) is 9.80 Å². The van der Waals surface area contributed by atoms with Crippen molar-refractivity contribution in [2.24, 2.45) is 0 Å². The lowest BCUT2D eigenvalue weighted by atomic mass is 10.1. The van der Waals surface area contributed by atoms with Crippen molar-refractivity contribution in [3.05, 3.63) is 53.2 Å². The Balaban J connectivity index is 1.28. The molecule has 1 aromatic carbocycles. The molecule has 7 heteroatoms. The van der Waals surface area contributed by atoms with Crippen molar-refractivity contribution in [2.75, 3.05) is 39.8 Å². The van der Waals surface area contributed by atoms with E-state index in [1.807, 2.05) is 24.0 Å². The molecule has 1 aliphatic carbocycles. The van der Waals surface area contributed by atoms with Crippen LogP contribution in [0.15, 0.2) is 34.7 Å². The van der Waals surface area contributed by atoms with Gasteiger partial charge in [-0.05, 0) is 50.1 Å². The SMILES string of the molecule is COc1ccc(F)cc1CN1CCN(CC(=O)N(Cc2ccc(C)o2)C2CC2)CC1. The molecule has 162 valence electrons. The molecular formula is C23H30FN3O3. The number of rotatable bonds is 8. The molecule has 2 heterocycles. The van der Waals surface area contributed by atoms with Crippen LogP contribution in [-0.4, -0.2) is 66.5 Å². The summed E-state index contributed by atoms with van der Waals surface area (Å²) >= 11 is 0. The third-order valence-electron chi connectivity index (χ3n) is 5.89. The van der Waals surface area contributed by atoms with Gasteiger partial charge in [0.05, 0.1) is 20.2 Å². The Kier molecular flexibility index (Phi) is 6.39. The molecule has 0 bridgehead atoms. The maximum absolute atomic E-state index is 13.6. The number of carbonyl (C=O) groups is 1. The molecule has 0 atom stereocenters. The molecule has 0 N–H and O–H groups in total. The quantitative estimate of drug-likeness (QED) is 0.663. The number of amides is 1. The average molecular weight is 416 g/mol. The van der Waals surface area contributed by atoms with E-state index in [0.29, 0.717) is 31.4 Å². The lowest BCUT2D eigenvalue weighted by Crippen LogP contribution is -2.50. The van der Waals surface area contributed by atoms with Crippen LogP contribution in [0.5, 0.6) is 5.75 Å². The Hall–Kier alpha value is -2.38. The van der Waals surface area contributed by atoms with Gasteiger partial charge in [-0.15, -0.1) is 0 Å². The van der Waals surface area contributed by atoms with Crippen molar-refractivity contribution < 1.29 is 18.3 Å². The van der Waals surface area contributed by atoms with E-state index in [1.54, 1.807) is 19.2 Å². The topological polar surface area (TPSA) is 49.2 Å². The summed E-state index contributed by atoms with van der Waals surface area (Å²) in [7, 11) is 1.61. The molecule has 0 radical (unpaired) electrons. The Labute approximate surface area is 177 Å². The van der Waals surface area contributed by atoms with E-state index in [0.717, 1.165) is 56.1 Å². The van der Waals surface area contributed by atoms with Crippen molar-refractivity contribution in [1.82, 2.24) is 14.7 Å². The van der Waals surface area contributed by atoms with Crippen molar-refractivity contribution >= 4 is 5.91 Å². The number of nitrogens with zero attached hydrogens (tertiary/aromatic N) is 3. The molecule has 1 aromatic heterocycles. The summed E-state index contributed by atoms with van der Waals surface area (Å²) in [5.41, 5.74) is 0.857. The zero-order valence-corrected chi connectivity index (χ0v) is 17.8. The molecule has 6 nitrogen and oxygen atoms in total. The van der Waals surface area contributed by atoms with Crippen LogP contribution < -0.4 is 4.74 Å². The summed E-state index contributed by atoms with van der Waals surface area (Å²) in [6.45, 7) is 6.88. The largest absolute Gasteiger partial charge is 0.496 e. The first-order valence-corrected chi connectivity index (χ1v) is 10.6. The van der Waals surface area contributed by atoms with E-state index >= 15 is 0 Å². The standard InChI is InChI=1S/C23H30FN3O3/c1-17-3-7-21(30-17)15-27(20-5-6-20)23(28)16-26-11-9-25(10-12-26)14-18-13-19(24)4-8-22(18)29-2/h3-4,7-8,13,20H,5-6,9-12,14-16H2,1-2H3. The van der Waals surface area contributed by atoms with Gasteiger partial charge in [0, 0.05) is 44.3 Å². The normalized spacial score (nSPS) is 17.8. The number of halogens is 1. The summed E-state index contributed by atoms with van der Waals surface area (Å²) in [6.07, 6.45) is 2.16. The molecule has 1 saturated carbocycles. The van der Waals surface area contributed by atoms with Gasteiger partial charge >= 0.3 is 0 Å². The van der Waals surface area contributed by atoms with Crippen molar-refractivity contribution in [2.45, 2.75) is 38.9 Å². The summed E-state index contributed by atoms with van der Waals surface area (Å²) in [5, 5.41) is 0. The highest BCUT2D eigenvalue weighted by atomic mass is 19.1. The van der Waals surface area contributed by atoms with E-state index in [1.165, 1.54) is 6.07 Å². The van der Waals surface area contributed by atoms with Crippen LogP contribution in [0.1, 0.15) is 29.9 Å². The fourth-order valence-corrected chi connectivity index (χ4v) is 4.04. The monoisotopic (exact) mass is 415 g/mol. The van der Waals surface area contributed by atoms with Gasteiger partial charge in [-0.2, -0.15) is 0 Å². The van der Waals surface area contributed by atoms with Gasteiger partial charge in [-0.25, -0.2) is 4.39 Å². The number of ether oxygens (including phenoxy) is 1. The number of furan rings is 1. The van der Waals surface area contributed by atoms with Gasteiger partial charge in [0.2, 0.25) is 5.91 Å². The van der Waals surface area contributed by atoms with Crippen molar-refractivity contribution in [3.8, 4) is 5.75 Å². The molecule has 1 saturated heterocycles. The number of aryl methyl sites for hydroxylation is 1. The minimum atomic E-state index is -0.248. The lowest BCUT2D eigenvalue weighted by molar-refractivity contribution is -0.134. The minimum absolute atomic E-state index is 0.173. The van der Waals surface area contributed by atoms with E-state index in [4.69, 9.17) is 9.15 Å². The smallest absolute Gasteiger partial charge is 0.237 e. The Morgan fingerprint density at radius 1 is 1.17 bits per heavy atom. The Morgan fingerprint density at radius 2 is 1.90 bits per heavy atom. The highest BCUT2D eigenvalue weighted by molar-refractivity contribution is 5.79. The molecule has 2 aromatic rings. The molecule has 4 rings (SSSR count). The van der Waals surface area contributed by atoms with Crippen LogP contribution in [0.2, 0.25) is 0 Å². The van der Waals surface area contributed by atoms with Crippen LogP contribution in [0, 0.1) is 12.7 Å². The Bertz CT molecular complexity index is 872. The number of carbonyl (C=O) groups excluding carboxylic acids is 1. The number of hydrogen-bond donors (Lipinski definition) is 0. The first kappa shape index (κ1) is 20.9. The van der Waals surface area contributed by atoms with Gasteiger partial charge in [-0.1, -0.05) is 0 Å². The summed E-state index contributed by atoms with van der Waals surface area (Å²) < 4.78 is 24.7. The molecule has 1 amide bonds. The van der Waals surface area contributed by atoms with E-state index in [9.17, 15) is 9.18 Å². The fraction of sp³-hybridized carbons (Fsp3) is 0.522. The molecular weight excluding hydrogens is 385 g/mol. The van der Waals surface area contributed by atoms with Gasteiger partial charge in [0.25, 0.3) is 0 Å². The third-order valence-corrected chi connectivity index (χ3v) is 5.89. The second-order valence-corrected chi connectivity index (χ2v) is 8.27. The van der Waals surface area contributed by atoms with Gasteiger partial charge in [0.1, 0.15) is 23.1 Å². The number of piperazine rings is 1. The average Bonchev–Trinajstić information content (AvgIpc) is 3.49. The number of methoxy groups -OCH3 is 1. The zero-order chi connectivity index (χ0) is 21.1. The molecule has 0 unspecified atom stereocenters. The summed E-state index contributed by atoms with van der Waals surface area (Å²) in [4.78, 5) is 19.4. The van der Waals surface area contributed by atoms with Gasteiger partial charge in [0.15, 0.2) is 0 Å². The summed E-state index contributed by atoms with van der Waals surface area (Å²) in [5.74, 6) is 2.36. The number of benzene rings is 1. The molecule has 1 aliphatic heterocycles. The second kappa shape index (κ2) is 9.18. The predicted octanol–water partition coefficient (Wildman–Crippen LogP) is 3.04. The lowest BCUT2D eigenvalue weighted by Gasteiger charge is -2.35. The number of hydrogen-bond acceptors (Lipinski definition) is 5. The molecule has 0 spiro atoms. The Morgan fingerprint density at radius 3 is 2.53 bits per heavy atom. The molecule has 30 heavy (non-hydrogen) atoms. The zero-order valence-electron chi connectivity index (χ0n) is 17.8. The highest BCUT2D eigenvalue weighted by Crippen LogP contribution is 2.29. The summed E-state index contributed by atoms with van der Waals surface area (Å²) in [6, 6.07) is 8.88. The first-order valence-electron chi connectivity index (χ1n) is 10.6. The van der Waals surface area contributed by atoms with E-state index < -0.39 is 0 Å².